The Labute approximate surface area is 106 Å². The molecule has 0 radical (unpaired) electrons. The van der Waals surface area contributed by atoms with Gasteiger partial charge in [0.25, 0.3) is 0 Å². The number of hydrogen-bond acceptors (Lipinski definition) is 5. The number of carbonyl (C=O) groups is 1. The zero-order valence-corrected chi connectivity index (χ0v) is 10.4. The molecule has 0 atom stereocenters. The number of aromatic nitrogens is 2. The summed E-state index contributed by atoms with van der Waals surface area (Å²) in [5.41, 5.74) is 5.30. The number of nitrogens with two attached hydrogens (primary N) is 1. The molecule has 6 heteroatoms. The monoisotopic (exact) mass is 250 g/mol. The third kappa shape index (κ3) is 3.09. The molecule has 1 aliphatic carbocycles. The summed E-state index contributed by atoms with van der Waals surface area (Å²) in [7, 11) is 1.57. The number of methoxy groups -OCH3 is 1. The van der Waals surface area contributed by atoms with E-state index >= 15 is 0 Å². The second-order valence-corrected chi connectivity index (χ2v) is 4.52. The Hall–Kier alpha value is -1.85. The van der Waals surface area contributed by atoms with Crippen molar-refractivity contribution in [1.82, 2.24) is 9.97 Å². The van der Waals surface area contributed by atoms with Gasteiger partial charge >= 0.3 is 0 Å². The van der Waals surface area contributed by atoms with Crippen molar-refractivity contribution >= 4 is 11.9 Å². The largest absolute Gasteiger partial charge is 0.481 e. The molecule has 0 saturated heterocycles. The highest BCUT2D eigenvalue weighted by atomic mass is 16.5. The van der Waals surface area contributed by atoms with E-state index in [-0.39, 0.29) is 11.8 Å². The van der Waals surface area contributed by atoms with Crippen molar-refractivity contribution in [3.05, 3.63) is 12.3 Å². The van der Waals surface area contributed by atoms with E-state index in [0.717, 1.165) is 25.7 Å². The van der Waals surface area contributed by atoms with Crippen LogP contribution in [0.1, 0.15) is 25.7 Å². The highest BCUT2D eigenvalue weighted by Crippen LogP contribution is 2.25. The maximum atomic E-state index is 11.1. The first kappa shape index (κ1) is 12.6. The van der Waals surface area contributed by atoms with E-state index in [1.807, 2.05) is 0 Å². The van der Waals surface area contributed by atoms with Crippen molar-refractivity contribution in [2.45, 2.75) is 31.7 Å². The molecular weight excluding hydrogens is 232 g/mol. The van der Waals surface area contributed by atoms with E-state index in [1.165, 1.54) is 0 Å². The number of ether oxygens (including phenoxy) is 1. The van der Waals surface area contributed by atoms with Crippen molar-refractivity contribution in [3.63, 3.8) is 0 Å². The first-order valence-electron chi connectivity index (χ1n) is 6.12. The van der Waals surface area contributed by atoms with E-state index in [1.54, 1.807) is 19.4 Å². The smallest absolute Gasteiger partial charge is 0.226 e. The molecule has 1 aliphatic rings. The summed E-state index contributed by atoms with van der Waals surface area (Å²) < 4.78 is 5.04. The van der Waals surface area contributed by atoms with Crippen molar-refractivity contribution in [2.75, 3.05) is 12.4 Å². The van der Waals surface area contributed by atoms with E-state index in [2.05, 4.69) is 15.3 Å². The third-order valence-corrected chi connectivity index (χ3v) is 3.30. The van der Waals surface area contributed by atoms with Crippen LogP contribution in [0.3, 0.4) is 0 Å². The number of hydrogen-bond donors (Lipinski definition) is 2. The summed E-state index contributed by atoms with van der Waals surface area (Å²) in [6, 6.07) is 2.00. The summed E-state index contributed by atoms with van der Waals surface area (Å²) in [6.07, 6.45) is 5.14. The lowest BCUT2D eigenvalue weighted by Crippen LogP contribution is -2.32. The van der Waals surface area contributed by atoms with E-state index in [4.69, 9.17) is 10.5 Å². The molecule has 1 fully saturated rings. The van der Waals surface area contributed by atoms with Gasteiger partial charge in [-0.3, -0.25) is 4.79 Å². The predicted molar refractivity (Wildman–Crippen MR) is 67.1 cm³/mol. The van der Waals surface area contributed by atoms with Gasteiger partial charge < -0.3 is 15.8 Å². The Balaban J connectivity index is 1.89. The summed E-state index contributed by atoms with van der Waals surface area (Å²) in [6.45, 7) is 0. The molecule has 2 rings (SSSR count). The average molecular weight is 250 g/mol. The molecule has 6 nitrogen and oxygen atoms in total. The first-order chi connectivity index (χ1) is 8.69. The third-order valence-electron chi connectivity index (χ3n) is 3.30. The maximum Gasteiger partial charge on any atom is 0.226 e. The second-order valence-electron chi connectivity index (χ2n) is 4.52. The van der Waals surface area contributed by atoms with Crippen molar-refractivity contribution < 1.29 is 9.53 Å². The Morgan fingerprint density at radius 1 is 1.44 bits per heavy atom. The van der Waals surface area contributed by atoms with Gasteiger partial charge in [0, 0.05) is 24.2 Å². The molecule has 1 saturated carbocycles. The number of nitrogens with zero attached hydrogens (tertiary/aromatic N) is 2. The normalized spacial score (nSPS) is 23.4. The van der Waals surface area contributed by atoms with Crippen LogP contribution < -0.4 is 15.8 Å². The van der Waals surface area contributed by atoms with Crippen molar-refractivity contribution in [3.8, 4) is 5.88 Å². The number of amides is 1. The fourth-order valence-electron chi connectivity index (χ4n) is 2.23. The number of carbonyl (C=O) groups excluding carboxylic acids is 1. The molecule has 0 bridgehead atoms. The lowest BCUT2D eigenvalue weighted by atomic mass is 9.86. The van der Waals surface area contributed by atoms with Gasteiger partial charge in [-0.25, -0.2) is 4.98 Å². The Morgan fingerprint density at radius 3 is 2.78 bits per heavy atom. The quantitative estimate of drug-likeness (QED) is 0.830. The van der Waals surface area contributed by atoms with Crippen LogP contribution in [0.5, 0.6) is 5.88 Å². The Morgan fingerprint density at radius 2 is 2.17 bits per heavy atom. The number of rotatable bonds is 4. The van der Waals surface area contributed by atoms with Gasteiger partial charge in [0.05, 0.1) is 7.11 Å². The molecule has 18 heavy (non-hydrogen) atoms. The molecule has 1 aromatic heterocycles. The van der Waals surface area contributed by atoms with Crippen LogP contribution in [-0.2, 0) is 4.79 Å². The molecule has 3 N–H and O–H groups in total. The highest BCUT2D eigenvalue weighted by molar-refractivity contribution is 5.76. The predicted octanol–water partition coefficient (Wildman–Crippen LogP) is 0.941. The molecule has 1 heterocycles. The molecule has 98 valence electrons. The van der Waals surface area contributed by atoms with E-state index in [0.29, 0.717) is 17.9 Å². The van der Waals surface area contributed by atoms with E-state index in [9.17, 15) is 4.79 Å². The summed E-state index contributed by atoms with van der Waals surface area (Å²) in [4.78, 5) is 19.4. The first-order valence-corrected chi connectivity index (χ1v) is 6.12. The molecule has 0 aliphatic heterocycles. The number of nitrogens with one attached hydrogen (secondary N) is 1. The lowest BCUT2D eigenvalue weighted by molar-refractivity contribution is -0.122. The van der Waals surface area contributed by atoms with Gasteiger partial charge in [0.15, 0.2) is 0 Å². The minimum Gasteiger partial charge on any atom is -0.481 e. The molecule has 0 spiro atoms. The number of primary amides is 1. The standard InChI is InChI=1S/C12H18N4O2/c1-18-10-6-7-14-12(16-10)15-9-4-2-8(3-5-9)11(13)17/h6-9H,2-5H2,1H3,(H2,13,17)(H,14,15,16). The van der Waals surface area contributed by atoms with Crippen LogP contribution >= 0.6 is 0 Å². The Bertz CT molecular complexity index is 416. The van der Waals surface area contributed by atoms with Gasteiger partial charge in [0.2, 0.25) is 17.7 Å². The zero-order chi connectivity index (χ0) is 13.0. The van der Waals surface area contributed by atoms with Gasteiger partial charge in [-0.05, 0) is 25.7 Å². The molecule has 1 aromatic rings. The van der Waals surface area contributed by atoms with Crippen LogP contribution in [0.2, 0.25) is 0 Å². The molecule has 0 aromatic carbocycles. The summed E-state index contributed by atoms with van der Waals surface area (Å²) in [5, 5.41) is 3.26. The van der Waals surface area contributed by atoms with Gasteiger partial charge in [-0.2, -0.15) is 4.98 Å². The summed E-state index contributed by atoms with van der Waals surface area (Å²) >= 11 is 0. The number of anilines is 1. The fraction of sp³-hybridized carbons (Fsp3) is 0.583. The van der Waals surface area contributed by atoms with Crippen LogP contribution in [0.4, 0.5) is 5.95 Å². The van der Waals surface area contributed by atoms with Crippen molar-refractivity contribution in [1.29, 1.82) is 0 Å². The van der Waals surface area contributed by atoms with Crippen LogP contribution in [0.25, 0.3) is 0 Å². The lowest BCUT2D eigenvalue weighted by Gasteiger charge is -2.27. The minimum atomic E-state index is -0.189. The SMILES string of the molecule is COc1ccnc(NC2CCC(C(N)=O)CC2)n1. The summed E-state index contributed by atoms with van der Waals surface area (Å²) in [5.74, 6) is 0.940. The van der Waals surface area contributed by atoms with E-state index < -0.39 is 0 Å². The van der Waals surface area contributed by atoms with Crippen molar-refractivity contribution in [2.24, 2.45) is 11.7 Å². The highest BCUT2D eigenvalue weighted by Gasteiger charge is 2.24. The second kappa shape index (κ2) is 5.66. The van der Waals surface area contributed by atoms with Gasteiger partial charge in [-0.15, -0.1) is 0 Å². The average Bonchev–Trinajstić information content (AvgIpc) is 2.39. The Kier molecular flexibility index (Phi) is 3.96. The topological polar surface area (TPSA) is 90.1 Å². The van der Waals surface area contributed by atoms with Crippen LogP contribution in [0, 0.1) is 5.92 Å². The van der Waals surface area contributed by atoms with Gasteiger partial charge in [-0.1, -0.05) is 0 Å². The minimum absolute atomic E-state index is 0.0225. The van der Waals surface area contributed by atoms with Crippen LogP contribution in [0.15, 0.2) is 12.3 Å². The molecular formula is C12H18N4O2. The molecule has 0 unspecified atom stereocenters. The maximum absolute atomic E-state index is 11.1. The molecule has 1 amide bonds. The fourth-order valence-corrected chi connectivity index (χ4v) is 2.23. The van der Waals surface area contributed by atoms with Gasteiger partial charge in [0.1, 0.15) is 0 Å². The van der Waals surface area contributed by atoms with Crippen LogP contribution in [-0.4, -0.2) is 29.0 Å². The zero-order valence-electron chi connectivity index (χ0n) is 10.4.